The summed E-state index contributed by atoms with van der Waals surface area (Å²) in [5.74, 6) is 2.62. The Hall–Kier alpha value is -2.86. The van der Waals surface area contributed by atoms with Crippen molar-refractivity contribution in [3.8, 4) is 22.9 Å². The highest BCUT2D eigenvalue weighted by atomic mass is 16.5. The molecular weight excluding hydrogens is 318 g/mol. The molecule has 3 aromatic rings. The van der Waals surface area contributed by atoms with Gasteiger partial charge in [0.25, 0.3) is 0 Å². The summed E-state index contributed by atoms with van der Waals surface area (Å²) in [7, 11) is 3.25. The van der Waals surface area contributed by atoms with E-state index < -0.39 is 0 Å². The summed E-state index contributed by atoms with van der Waals surface area (Å²) in [5, 5.41) is 4.05. The molecule has 1 heterocycles. The van der Waals surface area contributed by atoms with E-state index in [1.165, 1.54) is 0 Å². The van der Waals surface area contributed by atoms with Gasteiger partial charge in [0.15, 0.2) is 11.5 Å². The number of hydrogen-bond donors (Lipinski definition) is 1. The van der Waals surface area contributed by atoms with Gasteiger partial charge >= 0.3 is 0 Å². The van der Waals surface area contributed by atoms with Gasteiger partial charge in [-0.25, -0.2) is 0 Å². The molecule has 0 amide bonds. The number of rotatable bonds is 7. The van der Waals surface area contributed by atoms with Crippen molar-refractivity contribution in [3.05, 3.63) is 59.5 Å². The van der Waals surface area contributed by atoms with Crippen LogP contribution < -0.4 is 15.2 Å². The summed E-state index contributed by atoms with van der Waals surface area (Å²) < 4.78 is 15.9. The Balaban J connectivity index is 1.67. The summed E-state index contributed by atoms with van der Waals surface area (Å²) in [6.07, 6.45) is 1.43. The number of benzene rings is 2. The van der Waals surface area contributed by atoms with Crippen LogP contribution >= 0.6 is 0 Å². The zero-order valence-electron chi connectivity index (χ0n) is 14.4. The van der Waals surface area contributed by atoms with Gasteiger partial charge in [0.1, 0.15) is 0 Å². The van der Waals surface area contributed by atoms with Gasteiger partial charge in [0.05, 0.1) is 14.2 Å². The quantitative estimate of drug-likeness (QED) is 0.712. The Morgan fingerprint density at radius 3 is 2.32 bits per heavy atom. The molecule has 25 heavy (non-hydrogen) atoms. The molecule has 0 atom stereocenters. The minimum atomic E-state index is 0.517. The Labute approximate surface area is 146 Å². The summed E-state index contributed by atoms with van der Waals surface area (Å²) >= 11 is 0. The Morgan fingerprint density at radius 1 is 0.920 bits per heavy atom. The van der Waals surface area contributed by atoms with Crippen LogP contribution in [-0.2, 0) is 19.4 Å². The van der Waals surface area contributed by atoms with E-state index in [1.807, 2.05) is 42.5 Å². The molecule has 6 nitrogen and oxygen atoms in total. The van der Waals surface area contributed by atoms with Gasteiger partial charge in [0, 0.05) is 18.5 Å². The lowest BCUT2D eigenvalue weighted by atomic mass is 10.1. The van der Waals surface area contributed by atoms with Crippen molar-refractivity contribution in [1.29, 1.82) is 0 Å². The smallest absolute Gasteiger partial charge is 0.227 e. The number of aryl methyl sites for hydroxylation is 2. The summed E-state index contributed by atoms with van der Waals surface area (Å²) in [4.78, 5) is 4.46. The maximum absolute atomic E-state index is 5.61. The lowest BCUT2D eigenvalue weighted by molar-refractivity contribution is 0.354. The molecule has 0 aliphatic heterocycles. The number of nitrogens with two attached hydrogens (primary N) is 1. The fourth-order valence-corrected chi connectivity index (χ4v) is 2.55. The first-order valence-electron chi connectivity index (χ1n) is 8.06. The average Bonchev–Trinajstić information content (AvgIpc) is 3.15. The maximum Gasteiger partial charge on any atom is 0.227 e. The first-order chi connectivity index (χ1) is 12.2. The third-order valence-electron chi connectivity index (χ3n) is 3.99. The number of methoxy groups -OCH3 is 2. The van der Waals surface area contributed by atoms with Crippen molar-refractivity contribution in [2.75, 3.05) is 14.2 Å². The average molecular weight is 339 g/mol. The molecule has 0 radical (unpaired) electrons. The topological polar surface area (TPSA) is 83.4 Å². The second kappa shape index (κ2) is 7.81. The van der Waals surface area contributed by atoms with Gasteiger partial charge in [0.2, 0.25) is 11.7 Å². The van der Waals surface area contributed by atoms with Crippen molar-refractivity contribution in [3.63, 3.8) is 0 Å². The molecule has 6 heteroatoms. The van der Waals surface area contributed by atoms with Crippen LogP contribution in [0.3, 0.4) is 0 Å². The highest BCUT2D eigenvalue weighted by molar-refractivity contribution is 5.54. The molecule has 0 saturated heterocycles. The molecule has 0 saturated carbocycles. The van der Waals surface area contributed by atoms with Crippen LogP contribution in [-0.4, -0.2) is 24.4 Å². The monoisotopic (exact) mass is 339 g/mol. The zero-order chi connectivity index (χ0) is 17.6. The molecule has 1 aromatic heterocycles. The fraction of sp³-hybridized carbons (Fsp3) is 0.263. The lowest BCUT2D eigenvalue weighted by Gasteiger charge is -2.08. The van der Waals surface area contributed by atoms with E-state index >= 15 is 0 Å². The normalized spacial score (nSPS) is 10.7. The fourth-order valence-electron chi connectivity index (χ4n) is 2.55. The SMILES string of the molecule is COc1ccc(CCc2nc(-c3ccc(CN)cc3)no2)cc1OC. The van der Waals surface area contributed by atoms with Crippen LogP contribution in [0.25, 0.3) is 11.4 Å². The first-order valence-corrected chi connectivity index (χ1v) is 8.06. The molecule has 130 valence electrons. The number of nitrogens with zero attached hydrogens (tertiary/aromatic N) is 2. The third kappa shape index (κ3) is 3.97. The van der Waals surface area contributed by atoms with Gasteiger partial charge in [-0.1, -0.05) is 35.5 Å². The van der Waals surface area contributed by atoms with Crippen LogP contribution in [0.5, 0.6) is 11.5 Å². The molecule has 0 fully saturated rings. The number of ether oxygens (including phenoxy) is 2. The highest BCUT2D eigenvalue weighted by Gasteiger charge is 2.10. The molecule has 0 bridgehead atoms. The van der Waals surface area contributed by atoms with Gasteiger partial charge in [-0.3, -0.25) is 0 Å². The van der Waals surface area contributed by atoms with E-state index in [0.717, 1.165) is 23.1 Å². The van der Waals surface area contributed by atoms with Crippen molar-refractivity contribution in [2.24, 2.45) is 5.73 Å². The Morgan fingerprint density at radius 2 is 1.64 bits per heavy atom. The van der Waals surface area contributed by atoms with Crippen molar-refractivity contribution < 1.29 is 14.0 Å². The van der Waals surface area contributed by atoms with Crippen LogP contribution in [0.4, 0.5) is 0 Å². The van der Waals surface area contributed by atoms with Crippen LogP contribution in [0, 0.1) is 0 Å². The van der Waals surface area contributed by atoms with E-state index in [1.54, 1.807) is 14.2 Å². The van der Waals surface area contributed by atoms with E-state index in [-0.39, 0.29) is 0 Å². The van der Waals surface area contributed by atoms with Crippen LogP contribution in [0.2, 0.25) is 0 Å². The first kappa shape index (κ1) is 17.0. The molecule has 2 aromatic carbocycles. The molecule has 0 aliphatic rings. The largest absolute Gasteiger partial charge is 0.493 e. The zero-order valence-corrected chi connectivity index (χ0v) is 14.4. The molecule has 0 aliphatic carbocycles. The third-order valence-corrected chi connectivity index (χ3v) is 3.99. The number of aromatic nitrogens is 2. The van der Waals surface area contributed by atoms with E-state index in [2.05, 4.69) is 10.1 Å². The Kier molecular flexibility index (Phi) is 5.30. The van der Waals surface area contributed by atoms with Gasteiger partial charge in [-0.15, -0.1) is 0 Å². The minimum Gasteiger partial charge on any atom is -0.493 e. The highest BCUT2D eigenvalue weighted by Crippen LogP contribution is 2.28. The second-order valence-electron chi connectivity index (χ2n) is 5.60. The molecule has 2 N–H and O–H groups in total. The second-order valence-corrected chi connectivity index (χ2v) is 5.60. The number of hydrogen-bond acceptors (Lipinski definition) is 6. The van der Waals surface area contributed by atoms with Crippen molar-refractivity contribution >= 4 is 0 Å². The summed E-state index contributed by atoms with van der Waals surface area (Å²) in [6.45, 7) is 0.517. The van der Waals surface area contributed by atoms with Crippen molar-refractivity contribution in [2.45, 2.75) is 19.4 Å². The predicted molar refractivity (Wildman–Crippen MR) is 94.6 cm³/mol. The van der Waals surface area contributed by atoms with Gasteiger partial charge in [-0.2, -0.15) is 4.98 Å². The Bertz CT molecular complexity index is 828. The van der Waals surface area contributed by atoms with Gasteiger partial charge < -0.3 is 19.7 Å². The van der Waals surface area contributed by atoms with E-state index in [4.69, 9.17) is 19.7 Å². The summed E-state index contributed by atoms with van der Waals surface area (Å²) in [5.41, 5.74) is 8.71. The van der Waals surface area contributed by atoms with Crippen LogP contribution in [0.1, 0.15) is 17.0 Å². The molecular formula is C19H21N3O3. The van der Waals surface area contributed by atoms with Crippen molar-refractivity contribution in [1.82, 2.24) is 10.1 Å². The molecule has 3 rings (SSSR count). The van der Waals surface area contributed by atoms with Crippen LogP contribution in [0.15, 0.2) is 47.0 Å². The van der Waals surface area contributed by atoms with E-state index in [0.29, 0.717) is 36.2 Å². The minimum absolute atomic E-state index is 0.517. The summed E-state index contributed by atoms with van der Waals surface area (Å²) in [6, 6.07) is 13.7. The van der Waals surface area contributed by atoms with E-state index in [9.17, 15) is 0 Å². The predicted octanol–water partition coefficient (Wildman–Crippen LogP) is 3.00. The standard InChI is InChI=1S/C19H21N3O3/c1-23-16-9-5-13(11-17(16)24-2)6-10-18-21-19(22-25-18)15-7-3-14(12-20)4-8-15/h3-5,7-9,11H,6,10,12,20H2,1-2H3. The maximum atomic E-state index is 5.61. The lowest BCUT2D eigenvalue weighted by Crippen LogP contribution is -1.96. The molecule has 0 spiro atoms. The molecule has 0 unspecified atom stereocenters. The van der Waals surface area contributed by atoms with Gasteiger partial charge in [-0.05, 0) is 29.7 Å².